The van der Waals surface area contributed by atoms with Gasteiger partial charge in [0.1, 0.15) is 19.3 Å². The number of hydrogen-bond donors (Lipinski definition) is 3. The van der Waals surface area contributed by atoms with Gasteiger partial charge in [-0.05, 0) is 37.5 Å². The van der Waals surface area contributed by atoms with Gasteiger partial charge in [-0.3, -0.25) is 37.3 Å². The van der Waals surface area contributed by atoms with E-state index in [0.29, 0.717) is 25.7 Å². The molecule has 0 amide bonds. The number of hydrogen-bond acceptors (Lipinski definition) is 15. The predicted octanol–water partition coefficient (Wildman–Crippen LogP) is 20.4. The smallest absolute Gasteiger partial charge is 0.462 e. The Morgan fingerprint density at radius 1 is 0.300 bits per heavy atom. The summed E-state index contributed by atoms with van der Waals surface area (Å²) in [6.07, 6.45) is 49.0. The van der Waals surface area contributed by atoms with Gasteiger partial charge in [0.15, 0.2) is 12.2 Å². The molecular formula is C71H138O17P2. The van der Waals surface area contributed by atoms with E-state index in [0.717, 1.165) is 108 Å². The molecule has 0 aromatic heterocycles. The molecule has 0 radical (unpaired) electrons. The van der Waals surface area contributed by atoms with Crippen LogP contribution in [-0.4, -0.2) is 96.7 Å². The molecule has 0 aliphatic rings. The molecule has 0 saturated carbocycles. The summed E-state index contributed by atoms with van der Waals surface area (Å²) < 4.78 is 68.0. The largest absolute Gasteiger partial charge is 0.472 e. The molecule has 3 N–H and O–H groups in total. The molecule has 5 atom stereocenters. The normalized spacial score (nSPS) is 14.1. The van der Waals surface area contributed by atoms with E-state index in [1.54, 1.807) is 0 Å². The monoisotopic (exact) mass is 1320 g/mol. The molecule has 0 rings (SSSR count). The van der Waals surface area contributed by atoms with Crippen LogP contribution in [0.2, 0.25) is 0 Å². The van der Waals surface area contributed by atoms with E-state index in [-0.39, 0.29) is 25.7 Å². The van der Waals surface area contributed by atoms with E-state index in [2.05, 4.69) is 41.5 Å². The van der Waals surface area contributed by atoms with Crippen LogP contribution in [0.15, 0.2) is 0 Å². The summed E-state index contributed by atoms with van der Waals surface area (Å²) >= 11 is 0. The Morgan fingerprint density at radius 2 is 0.511 bits per heavy atom. The Morgan fingerprint density at radius 3 is 0.756 bits per heavy atom. The van der Waals surface area contributed by atoms with Crippen LogP contribution in [-0.2, 0) is 65.4 Å². The van der Waals surface area contributed by atoms with Crippen molar-refractivity contribution < 1.29 is 80.2 Å². The Kier molecular flexibility index (Phi) is 61.8. The molecule has 0 saturated heterocycles. The zero-order chi connectivity index (χ0) is 66.5. The zero-order valence-electron chi connectivity index (χ0n) is 58.4. The summed E-state index contributed by atoms with van der Waals surface area (Å²) in [6.45, 7) is 9.50. The van der Waals surface area contributed by atoms with Crippen molar-refractivity contribution in [2.75, 3.05) is 39.6 Å². The van der Waals surface area contributed by atoms with E-state index in [4.69, 9.17) is 37.0 Å². The third kappa shape index (κ3) is 64.8. The average Bonchev–Trinajstić information content (AvgIpc) is 3.04. The van der Waals surface area contributed by atoms with E-state index < -0.39 is 97.5 Å². The van der Waals surface area contributed by atoms with Crippen molar-refractivity contribution in [2.24, 2.45) is 11.8 Å². The lowest BCUT2D eigenvalue weighted by atomic mass is 10.0. The molecule has 17 nitrogen and oxygen atoms in total. The number of esters is 4. The first-order valence-corrected chi connectivity index (χ1v) is 40.0. The second-order valence-corrected chi connectivity index (χ2v) is 29.5. The van der Waals surface area contributed by atoms with Gasteiger partial charge in [-0.15, -0.1) is 0 Å². The van der Waals surface area contributed by atoms with E-state index >= 15 is 0 Å². The van der Waals surface area contributed by atoms with E-state index in [1.165, 1.54) is 173 Å². The number of phosphoric ester groups is 2. The maximum atomic E-state index is 13.0. The highest BCUT2D eigenvalue weighted by Gasteiger charge is 2.30. The quantitative estimate of drug-likeness (QED) is 0.0222. The van der Waals surface area contributed by atoms with Gasteiger partial charge in [-0.1, -0.05) is 311 Å². The summed E-state index contributed by atoms with van der Waals surface area (Å²) in [4.78, 5) is 72.2. The molecule has 0 fully saturated rings. The van der Waals surface area contributed by atoms with Crippen molar-refractivity contribution >= 4 is 39.5 Å². The number of ether oxygens (including phenoxy) is 4. The summed E-state index contributed by atoms with van der Waals surface area (Å²) in [5, 5.41) is 10.6. The maximum absolute atomic E-state index is 13.0. The van der Waals surface area contributed by atoms with Crippen molar-refractivity contribution in [3.63, 3.8) is 0 Å². The fourth-order valence-corrected chi connectivity index (χ4v) is 12.3. The van der Waals surface area contributed by atoms with Crippen molar-refractivity contribution in [1.29, 1.82) is 0 Å². The van der Waals surface area contributed by atoms with E-state index in [1.807, 2.05) is 0 Å². The van der Waals surface area contributed by atoms with Crippen LogP contribution in [0, 0.1) is 11.8 Å². The van der Waals surface area contributed by atoms with Crippen molar-refractivity contribution in [3.05, 3.63) is 0 Å². The highest BCUT2D eigenvalue weighted by molar-refractivity contribution is 7.47. The summed E-state index contributed by atoms with van der Waals surface area (Å²) in [7, 11) is -9.89. The van der Waals surface area contributed by atoms with Crippen molar-refractivity contribution in [1.82, 2.24) is 0 Å². The Hall–Kier alpha value is -1.94. The Labute approximate surface area is 549 Å². The SMILES string of the molecule is CCCCCCCCCCCC(=O)O[C@H](COC(=O)CCCCCCC)COP(=O)(O)OC[C@H](O)COP(=O)(O)OC[C@@H](COC(=O)CCCCCCCCCCCCCCCCC(C)C)OC(=O)CCCCCCCCCCCCCCCCCCC(C)C. The number of phosphoric acid groups is 2. The lowest BCUT2D eigenvalue weighted by molar-refractivity contribution is -0.161. The molecule has 0 aromatic carbocycles. The molecule has 90 heavy (non-hydrogen) atoms. The van der Waals surface area contributed by atoms with Crippen LogP contribution < -0.4 is 0 Å². The summed E-state index contributed by atoms with van der Waals surface area (Å²) in [6, 6.07) is 0. The first-order chi connectivity index (χ1) is 43.4. The second-order valence-electron chi connectivity index (χ2n) is 26.6. The van der Waals surface area contributed by atoms with Crippen molar-refractivity contribution in [2.45, 2.75) is 381 Å². The number of unbranched alkanes of at least 4 members (excludes halogenated alkanes) is 40. The summed E-state index contributed by atoms with van der Waals surface area (Å²) in [5.41, 5.74) is 0. The minimum atomic E-state index is -4.95. The molecule has 0 heterocycles. The molecule has 534 valence electrons. The first kappa shape index (κ1) is 88.1. The number of rotatable bonds is 70. The van der Waals surface area contributed by atoms with Crippen LogP contribution in [0.1, 0.15) is 363 Å². The van der Waals surface area contributed by atoms with Crippen LogP contribution in [0.3, 0.4) is 0 Å². The molecule has 0 aromatic rings. The first-order valence-electron chi connectivity index (χ1n) is 37.0. The van der Waals surface area contributed by atoms with Gasteiger partial charge in [0.05, 0.1) is 26.4 Å². The van der Waals surface area contributed by atoms with Crippen molar-refractivity contribution in [3.8, 4) is 0 Å². The number of aliphatic hydroxyl groups is 1. The molecular weight excluding hydrogens is 1190 g/mol. The lowest BCUT2D eigenvalue weighted by Crippen LogP contribution is -2.30. The molecule has 0 aliphatic heterocycles. The lowest BCUT2D eigenvalue weighted by Gasteiger charge is -2.21. The summed E-state index contributed by atoms with van der Waals surface area (Å²) in [5.74, 6) is -0.527. The highest BCUT2D eigenvalue weighted by Crippen LogP contribution is 2.45. The average molecular weight is 1330 g/mol. The van der Waals surface area contributed by atoms with Gasteiger partial charge in [0, 0.05) is 25.7 Å². The topological polar surface area (TPSA) is 237 Å². The van der Waals surface area contributed by atoms with Gasteiger partial charge in [-0.2, -0.15) is 0 Å². The third-order valence-corrected chi connectivity index (χ3v) is 18.4. The Balaban J connectivity index is 5.13. The van der Waals surface area contributed by atoms with Gasteiger partial charge in [0.2, 0.25) is 0 Å². The van der Waals surface area contributed by atoms with E-state index in [9.17, 15) is 43.2 Å². The number of carbonyl (C=O) groups excluding carboxylic acids is 4. The second kappa shape index (κ2) is 63.1. The fourth-order valence-electron chi connectivity index (χ4n) is 10.8. The van der Waals surface area contributed by atoms with Crippen LogP contribution in [0.25, 0.3) is 0 Å². The van der Waals surface area contributed by atoms with Gasteiger partial charge >= 0.3 is 39.5 Å². The molecule has 2 unspecified atom stereocenters. The fraction of sp³-hybridized carbons (Fsp3) is 0.944. The number of aliphatic hydroxyl groups excluding tert-OH is 1. The van der Waals surface area contributed by atoms with Gasteiger partial charge in [-0.25, -0.2) is 9.13 Å². The molecule has 0 bridgehead atoms. The third-order valence-electron chi connectivity index (χ3n) is 16.5. The zero-order valence-corrected chi connectivity index (χ0v) is 60.2. The van der Waals surface area contributed by atoms with Crippen LogP contribution in [0.5, 0.6) is 0 Å². The molecule has 19 heteroatoms. The molecule has 0 spiro atoms. The standard InChI is InChI=1S/C71H138O17P2/c1-7-9-11-13-14-29-37-43-49-55-70(75)87-66(59-81-68(73)53-47-39-12-10-8-2)61-85-89(77,78)83-57-65(72)58-84-90(79,80)86-62-67(60-82-69(74)54-48-42-36-32-27-23-20-19-22-26-31-35-41-46-52-64(5)6)88-71(76)56-50-44-38-33-28-24-18-16-15-17-21-25-30-34-40-45-51-63(3)4/h63-67,72H,7-62H2,1-6H3,(H,77,78)(H,79,80)/t65-,66+,67+/m0/s1. The minimum absolute atomic E-state index is 0.105. The maximum Gasteiger partial charge on any atom is 0.472 e. The van der Waals surface area contributed by atoms with Crippen LogP contribution in [0.4, 0.5) is 0 Å². The molecule has 0 aliphatic carbocycles. The predicted molar refractivity (Wildman–Crippen MR) is 363 cm³/mol. The van der Waals surface area contributed by atoms with Crippen LogP contribution >= 0.6 is 15.6 Å². The van der Waals surface area contributed by atoms with Gasteiger partial charge in [0.25, 0.3) is 0 Å². The number of carbonyl (C=O) groups is 4. The highest BCUT2D eigenvalue weighted by atomic mass is 31.2. The Bertz CT molecular complexity index is 1750. The minimum Gasteiger partial charge on any atom is -0.462 e. The van der Waals surface area contributed by atoms with Gasteiger partial charge < -0.3 is 33.8 Å².